The van der Waals surface area contributed by atoms with Crippen LogP contribution < -0.4 is 11.5 Å². The fraction of sp³-hybridized carbons (Fsp3) is 0.500. The lowest BCUT2D eigenvalue weighted by Crippen LogP contribution is -1.90. The highest BCUT2D eigenvalue weighted by Crippen LogP contribution is 1.82. The van der Waals surface area contributed by atoms with Crippen LogP contribution in [0.1, 0.15) is 19.8 Å². The van der Waals surface area contributed by atoms with Crippen molar-refractivity contribution in [3.8, 4) is 0 Å². The monoisotopic (exact) mass is 178 g/mol. The minimum absolute atomic E-state index is 0.250. The third-order valence-electron chi connectivity index (χ3n) is 0.464. The summed E-state index contributed by atoms with van der Waals surface area (Å²) in [6.45, 7) is 1.84. The van der Waals surface area contributed by atoms with Crippen LogP contribution in [0.25, 0.3) is 0 Å². The Labute approximate surface area is 70.5 Å². The van der Waals surface area contributed by atoms with Crippen LogP contribution in [0.2, 0.25) is 0 Å². The van der Waals surface area contributed by atoms with Gasteiger partial charge in [0.1, 0.15) is 0 Å². The summed E-state index contributed by atoms with van der Waals surface area (Å²) in [7, 11) is 0. The zero-order chi connectivity index (χ0) is 10.4. The van der Waals surface area contributed by atoms with E-state index in [0.717, 1.165) is 6.42 Å². The molecule has 6 nitrogen and oxygen atoms in total. The van der Waals surface area contributed by atoms with E-state index in [1.807, 2.05) is 6.92 Å². The first-order valence-corrected chi connectivity index (χ1v) is 3.13. The summed E-state index contributed by atoms with van der Waals surface area (Å²) < 4.78 is 0. The lowest BCUT2D eigenvalue weighted by atomic mass is 10.4. The first-order valence-electron chi connectivity index (χ1n) is 3.13. The summed E-state index contributed by atoms with van der Waals surface area (Å²) in [5.74, 6) is -0.711. The molecule has 0 aromatic heterocycles. The number of carbonyl (C=O) groups is 3. The largest absolute Gasteiger partial charge is 0.481 e. The molecule has 0 fully saturated rings. The molecule has 0 heterocycles. The molecule has 0 aliphatic heterocycles. The molecule has 0 aromatic carbocycles. The van der Waals surface area contributed by atoms with Crippen molar-refractivity contribution in [1.29, 1.82) is 0 Å². The topological polar surface area (TPSA) is 123 Å². The van der Waals surface area contributed by atoms with Gasteiger partial charge >= 0.3 is 5.97 Å². The van der Waals surface area contributed by atoms with Crippen molar-refractivity contribution in [3.63, 3.8) is 0 Å². The van der Waals surface area contributed by atoms with Crippen LogP contribution in [0.15, 0.2) is 0 Å². The zero-order valence-corrected chi connectivity index (χ0v) is 6.90. The van der Waals surface area contributed by atoms with Crippen molar-refractivity contribution in [2.45, 2.75) is 19.8 Å². The Kier molecular flexibility index (Phi) is 31.8. The molecular formula is C6H14N2O4. The van der Waals surface area contributed by atoms with Crippen molar-refractivity contribution < 1.29 is 19.5 Å². The van der Waals surface area contributed by atoms with Gasteiger partial charge in [-0.3, -0.25) is 14.4 Å². The molecule has 5 N–H and O–H groups in total. The van der Waals surface area contributed by atoms with Gasteiger partial charge in [0.05, 0.1) is 0 Å². The molecule has 0 aliphatic rings. The van der Waals surface area contributed by atoms with Crippen molar-refractivity contribution >= 4 is 18.8 Å². The van der Waals surface area contributed by atoms with E-state index in [-0.39, 0.29) is 12.8 Å². The van der Waals surface area contributed by atoms with Crippen LogP contribution in [-0.2, 0) is 14.4 Å². The zero-order valence-electron chi connectivity index (χ0n) is 6.90. The molecule has 0 rings (SSSR count). The number of amides is 2. The molecular weight excluding hydrogens is 164 g/mol. The molecule has 0 atom stereocenters. The summed E-state index contributed by atoms with van der Waals surface area (Å²) in [5, 5.41) is 7.91. The quantitative estimate of drug-likeness (QED) is 0.472. The number of hydrogen-bond donors (Lipinski definition) is 3. The maximum atomic E-state index is 9.60. The van der Waals surface area contributed by atoms with Gasteiger partial charge in [-0.25, -0.2) is 0 Å². The van der Waals surface area contributed by atoms with E-state index in [1.165, 1.54) is 0 Å². The summed E-state index contributed by atoms with van der Waals surface area (Å²) in [6.07, 6.45) is 1.52. The summed E-state index contributed by atoms with van der Waals surface area (Å²) in [5.41, 5.74) is 8.33. The van der Waals surface area contributed by atoms with Gasteiger partial charge in [-0.2, -0.15) is 0 Å². The second-order valence-corrected chi connectivity index (χ2v) is 1.42. The van der Waals surface area contributed by atoms with Crippen molar-refractivity contribution in [2.24, 2.45) is 11.5 Å². The number of nitrogens with two attached hydrogens (primary N) is 2. The number of aliphatic carboxylic acids is 1. The number of carboxylic acids is 1. The average molecular weight is 178 g/mol. The lowest BCUT2D eigenvalue weighted by Gasteiger charge is -1.79. The van der Waals surface area contributed by atoms with E-state index >= 15 is 0 Å². The van der Waals surface area contributed by atoms with Gasteiger partial charge in [-0.1, -0.05) is 6.92 Å². The average Bonchev–Trinajstić information content (AvgIpc) is 1.89. The molecule has 0 saturated carbocycles. The van der Waals surface area contributed by atoms with Crippen LogP contribution in [0, 0.1) is 0 Å². The third-order valence-corrected chi connectivity index (χ3v) is 0.464. The van der Waals surface area contributed by atoms with Crippen LogP contribution in [-0.4, -0.2) is 23.9 Å². The number of carbonyl (C=O) groups excluding carboxylic acids is 2. The predicted molar refractivity (Wildman–Crippen MR) is 43.0 cm³/mol. The molecule has 0 aromatic rings. The third kappa shape index (κ3) is 232. The molecule has 72 valence electrons. The summed E-state index contributed by atoms with van der Waals surface area (Å²) in [4.78, 5) is 26.8. The van der Waals surface area contributed by atoms with Crippen LogP contribution >= 0.6 is 0 Å². The minimum Gasteiger partial charge on any atom is -0.481 e. The normalized spacial score (nSPS) is 6.08. The Morgan fingerprint density at radius 1 is 1.33 bits per heavy atom. The van der Waals surface area contributed by atoms with Gasteiger partial charge in [0, 0.05) is 6.42 Å². The smallest absolute Gasteiger partial charge is 0.303 e. The van der Waals surface area contributed by atoms with E-state index in [0.29, 0.717) is 6.42 Å². The highest BCUT2D eigenvalue weighted by Gasteiger charge is 1.87. The van der Waals surface area contributed by atoms with E-state index in [2.05, 4.69) is 11.5 Å². The van der Waals surface area contributed by atoms with Gasteiger partial charge in [0.2, 0.25) is 12.8 Å². The fourth-order valence-corrected chi connectivity index (χ4v) is 0.214. The van der Waals surface area contributed by atoms with E-state index < -0.39 is 5.97 Å². The molecule has 0 spiro atoms. The van der Waals surface area contributed by atoms with Gasteiger partial charge in [0.15, 0.2) is 0 Å². The molecule has 0 saturated heterocycles. The second kappa shape index (κ2) is 22.7. The lowest BCUT2D eigenvalue weighted by molar-refractivity contribution is -0.137. The molecule has 0 aliphatic carbocycles. The van der Waals surface area contributed by atoms with Crippen molar-refractivity contribution in [2.75, 3.05) is 0 Å². The molecule has 0 bridgehead atoms. The fourth-order valence-electron chi connectivity index (χ4n) is 0.214. The molecule has 0 unspecified atom stereocenters. The van der Waals surface area contributed by atoms with Crippen LogP contribution in [0.5, 0.6) is 0 Å². The molecule has 6 heteroatoms. The predicted octanol–water partition coefficient (Wildman–Crippen LogP) is -0.926. The number of rotatable bonds is 2. The molecule has 2 amide bonds. The Hall–Kier alpha value is -1.59. The van der Waals surface area contributed by atoms with Crippen LogP contribution in [0.3, 0.4) is 0 Å². The molecule has 12 heavy (non-hydrogen) atoms. The standard InChI is InChI=1S/C4H8O2.2CH3NO/c1-2-3-4(5)6;2*2-1-3/h2-3H2,1H3,(H,5,6);2*1H,(H2,2,3). The highest BCUT2D eigenvalue weighted by molar-refractivity contribution is 5.66. The Morgan fingerprint density at radius 3 is 1.58 bits per heavy atom. The number of primary amides is 2. The van der Waals surface area contributed by atoms with Gasteiger partial charge in [-0.05, 0) is 6.42 Å². The summed E-state index contributed by atoms with van der Waals surface area (Å²) in [6, 6.07) is 0. The van der Waals surface area contributed by atoms with Crippen molar-refractivity contribution in [1.82, 2.24) is 0 Å². The Morgan fingerprint density at radius 2 is 1.58 bits per heavy atom. The SMILES string of the molecule is CCCC(=O)O.NC=O.NC=O. The second-order valence-electron chi connectivity index (χ2n) is 1.42. The van der Waals surface area contributed by atoms with E-state index in [9.17, 15) is 4.79 Å². The van der Waals surface area contributed by atoms with E-state index in [4.69, 9.17) is 14.7 Å². The molecule has 0 radical (unpaired) electrons. The van der Waals surface area contributed by atoms with E-state index in [1.54, 1.807) is 0 Å². The summed E-state index contributed by atoms with van der Waals surface area (Å²) >= 11 is 0. The number of carboxylic acid groups (broad SMARTS) is 1. The van der Waals surface area contributed by atoms with Gasteiger partial charge in [-0.15, -0.1) is 0 Å². The van der Waals surface area contributed by atoms with Gasteiger partial charge in [0.25, 0.3) is 0 Å². The van der Waals surface area contributed by atoms with Gasteiger partial charge < -0.3 is 16.6 Å². The maximum Gasteiger partial charge on any atom is 0.303 e. The Balaban J connectivity index is -0.000000115. The Bertz CT molecular complexity index is 110. The maximum absolute atomic E-state index is 9.60. The first-order chi connectivity index (χ1) is 5.60. The van der Waals surface area contributed by atoms with Crippen molar-refractivity contribution in [3.05, 3.63) is 0 Å². The first kappa shape index (κ1) is 16.8. The van der Waals surface area contributed by atoms with Crippen LogP contribution in [0.4, 0.5) is 0 Å². The highest BCUT2D eigenvalue weighted by atomic mass is 16.4. The minimum atomic E-state index is -0.711. The number of hydrogen-bond acceptors (Lipinski definition) is 3.